The van der Waals surface area contributed by atoms with E-state index in [9.17, 15) is 9.90 Å². The molecule has 0 saturated carbocycles. The third kappa shape index (κ3) is 8.39. The van der Waals surface area contributed by atoms with Crippen molar-refractivity contribution in [3.05, 3.63) is 108 Å². The minimum absolute atomic E-state index is 0.0404. The summed E-state index contributed by atoms with van der Waals surface area (Å²) in [5.74, 6) is -5.01. The molecule has 40 heavy (non-hydrogen) atoms. The van der Waals surface area contributed by atoms with E-state index in [1.807, 2.05) is 91.0 Å². The Morgan fingerprint density at radius 3 is 1.75 bits per heavy atom. The van der Waals surface area contributed by atoms with E-state index < -0.39 is 55.3 Å². The van der Waals surface area contributed by atoms with Gasteiger partial charge in [0.25, 0.3) is 5.92 Å². The zero-order valence-corrected chi connectivity index (χ0v) is 22.0. The normalized spacial score (nSPS) is 23.1. The van der Waals surface area contributed by atoms with Gasteiger partial charge in [-0.15, -0.1) is 0 Å². The van der Waals surface area contributed by atoms with Crippen LogP contribution in [0.5, 0.6) is 0 Å². The molecule has 5 atom stereocenters. The SMILES string of the molecule is O=C(O)CCC(F)(F)[C@H]1O[C@H](COCc2ccccc2)[C@H](OCc2ccccc2)[C@H](OCc2ccccc2)[C@@H]1O. The Labute approximate surface area is 232 Å². The second kappa shape index (κ2) is 14.4. The van der Waals surface area contributed by atoms with E-state index in [-0.39, 0.29) is 26.4 Å². The lowest BCUT2D eigenvalue weighted by atomic mass is 9.89. The Hall–Kier alpha value is -3.21. The summed E-state index contributed by atoms with van der Waals surface area (Å²) in [6.45, 7) is 0.267. The zero-order chi connectivity index (χ0) is 28.4. The van der Waals surface area contributed by atoms with Crippen LogP contribution in [0.1, 0.15) is 29.5 Å². The number of carboxylic acids is 1. The predicted molar refractivity (Wildman–Crippen MR) is 143 cm³/mol. The quantitative estimate of drug-likeness (QED) is 0.289. The Balaban J connectivity index is 1.58. The maximum Gasteiger partial charge on any atom is 0.303 e. The third-order valence-electron chi connectivity index (χ3n) is 6.71. The number of alkyl halides is 2. The molecule has 0 bridgehead atoms. The Morgan fingerprint density at radius 1 is 0.775 bits per heavy atom. The summed E-state index contributed by atoms with van der Waals surface area (Å²) in [5.41, 5.74) is 2.52. The second-order valence-electron chi connectivity index (χ2n) is 9.76. The maximum absolute atomic E-state index is 15.3. The second-order valence-corrected chi connectivity index (χ2v) is 9.76. The number of carbonyl (C=O) groups is 1. The molecular formula is C31H34F2O7. The molecule has 9 heteroatoms. The Kier molecular flexibility index (Phi) is 10.7. The van der Waals surface area contributed by atoms with Crippen molar-refractivity contribution in [2.45, 2.75) is 69.1 Å². The topological polar surface area (TPSA) is 94.5 Å². The molecule has 1 saturated heterocycles. The lowest BCUT2D eigenvalue weighted by molar-refractivity contribution is -0.301. The lowest BCUT2D eigenvalue weighted by Gasteiger charge is -2.46. The number of aliphatic carboxylic acids is 1. The predicted octanol–water partition coefficient (Wildman–Crippen LogP) is 5.00. The molecule has 0 aromatic heterocycles. The molecule has 2 N–H and O–H groups in total. The van der Waals surface area contributed by atoms with Crippen LogP contribution in [-0.2, 0) is 43.6 Å². The number of ether oxygens (including phenoxy) is 4. The molecule has 0 unspecified atom stereocenters. The molecule has 214 valence electrons. The molecule has 0 amide bonds. The van der Waals surface area contributed by atoms with Gasteiger partial charge in [0.2, 0.25) is 0 Å². The van der Waals surface area contributed by atoms with E-state index in [4.69, 9.17) is 24.1 Å². The maximum atomic E-state index is 15.3. The van der Waals surface area contributed by atoms with Crippen molar-refractivity contribution in [3.8, 4) is 0 Å². The molecule has 1 heterocycles. The first kappa shape index (κ1) is 29.8. The van der Waals surface area contributed by atoms with Gasteiger partial charge in [-0.2, -0.15) is 0 Å². The summed E-state index contributed by atoms with van der Waals surface area (Å²) < 4.78 is 54.5. The Bertz CT molecular complexity index is 1160. The van der Waals surface area contributed by atoms with Crippen molar-refractivity contribution in [3.63, 3.8) is 0 Å². The molecule has 0 radical (unpaired) electrons. The fourth-order valence-corrected chi connectivity index (χ4v) is 4.62. The molecule has 1 aliphatic rings. The fraction of sp³-hybridized carbons (Fsp3) is 0.387. The van der Waals surface area contributed by atoms with Crippen molar-refractivity contribution in [1.82, 2.24) is 0 Å². The molecule has 7 nitrogen and oxygen atoms in total. The summed E-state index contributed by atoms with van der Waals surface area (Å²) in [7, 11) is 0. The largest absolute Gasteiger partial charge is 0.481 e. The summed E-state index contributed by atoms with van der Waals surface area (Å²) in [6, 6.07) is 27.8. The van der Waals surface area contributed by atoms with Gasteiger partial charge in [0.1, 0.15) is 30.5 Å². The monoisotopic (exact) mass is 556 g/mol. The average molecular weight is 557 g/mol. The van der Waals surface area contributed by atoms with Crippen LogP contribution in [-0.4, -0.2) is 59.2 Å². The number of rotatable bonds is 14. The van der Waals surface area contributed by atoms with E-state index in [0.717, 1.165) is 16.7 Å². The van der Waals surface area contributed by atoms with E-state index >= 15 is 8.78 Å². The first-order chi connectivity index (χ1) is 19.3. The standard InChI is InChI=1S/C31H34F2O7/c32-31(33,17-16-26(34)35)30-27(36)29(39-20-24-14-8-3-9-15-24)28(38-19-23-12-6-2-7-13-23)25(40-30)21-37-18-22-10-4-1-5-11-22/h1-15,25,27-30,36H,16-21H2,(H,34,35)/t25-,27+,28+,29-,30+/m1/s1. The molecule has 3 aromatic carbocycles. The highest BCUT2D eigenvalue weighted by Gasteiger charge is 2.56. The number of hydrogen-bond donors (Lipinski definition) is 2. The van der Waals surface area contributed by atoms with Crippen LogP contribution in [0.4, 0.5) is 8.78 Å². The highest BCUT2D eigenvalue weighted by molar-refractivity contribution is 5.66. The first-order valence-corrected chi connectivity index (χ1v) is 13.2. The van der Waals surface area contributed by atoms with Gasteiger partial charge in [-0.3, -0.25) is 4.79 Å². The van der Waals surface area contributed by atoms with Crippen molar-refractivity contribution in [2.24, 2.45) is 0 Å². The minimum atomic E-state index is -3.64. The Morgan fingerprint density at radius 2 is 1.25 bits per heavy atom. The van der Waals surface area contributed by atoms with Crippen molar-refractivity contribution in [1.29, 1.82) is 0 Å². The van der Waals surface area contributed by atoms with Crippen LogP contribution in [0.15, 0.2) is 91.0 Å². The highest BCUT2D eigenvalue weighted by Crippen LogP contribution is 2.38. The van der Waals surface area contributed by atoms with Gasteiger partial charge >= 0.3 is 5.97 Å². The third-order valence-corrected chi connectivity index (χ3v) is 6.71. The van der Waals surface area contributed by atoms with Gasteiger partial charge in [0, 0.05) is 6.42 Å². The molecule has 3 aromatic rings. The van der Waals surface area contributed by atoms with Crippen molar-refractivity contribution >= 4 is 5.97 Å². The number of aliphatic hydroxyl groups is 1. The van der Waals surface area contributed by atoms with Gasteiger partial charge in [-0.1, -0.05) is 91.0 Å². The summed E-state index contributed by atoms with van der Waals surface area (Å²) in [5, 5.41) is 20.2. The zero-order valence-electron chi connectivity index (χ0n) is 22.0. The van der Waals surface area contributed by atoms with Crippen LogP contribution in [0.3, 0.4) is 0 Å². The van der Waals surface area contributed by atoms with E-state index in [0.29, 0.717) is 0 Å². The number of carboxylic acid groups (broad SMARTS) is 1. The smallest absolute Gasteiger partial charge is 0.303 e. The number of benzene rings is 3. The van der Waals surface area contributed by atoms with E-state index in [1.165, 1.54) is 0 Å². The first-order valence-electron chi connectivity index (χ1n) is 13.2. The summed E-state index contributed by atoms with van der Waals surface area (Å²) >= 11 is 0. The molecule has 0 aliphatic carbocycles. The summed E-state index contributed by atoms with van der Waals surface area (Å²) in [6.07, 6.45) is -8.78. The lowest BCUT2D eigenvalue weighted by Crippen LogP contribution is -2.64. The highest BCUT2D eigenvalue weighted by atomic mass is 19.3. The van der Waals surface area contributed by atoms with Gasteiger partial charge in [-0.25, -0.2) is 8.78 Å². The number of hydrogen-bond acceptors (Lipinski definition) is 6. The van der Waals surface area contributed by atoms with Crippen molar-refractivity contribution in [2.75, 3.05) is 6.61 Å². The fourth-order valence-electron chi connectivity index (χ4n) is 4.62. The summed E-state index contributed by atoms with van der Waals surface area (Å²) in [4.78, 5) is 11.0. The van der Waals surface area contributed by atoms with E-state index in [1.54, 1.807) is 0 Å². The number of halogens is 2. The molecule has 1 fully saturated rings. The van der Waals surface area contributed by atoms with E-state index in [2.05, 4.69) is 0 Å². The average Bonchev–Trinajstić information content (AvgIpc) is 2.97. The van der Waals surface area contributed by atoms with Crippen LogP contribution >= 0.6 is 0 Å². The van der Waals surface area contributed by atoms with Crippen LogP contribution in [0, 0.1) is 0 Å². The molecule has 0 spiro atoms. The molecule has 1 aliphatic heterocycles. The minimum Gasteiger partial charge on any atom is -0.481 e. The van der Waals surface area contributed by atoms with Gasteiger partial charge < -0.3 is 29.2 Å². The van der Waals surface area contributed by atoms with Crippen molar-refractivity contribution < 1.29 is 42.7 Å². The van der Waals surface area contributed by atoms with Crippen LogP contribution in [0.2, 0.25) is 0 Å². The van der Waals surface area contributed by atoms with Gasteiger partial charge in [0.05, 0.1) is 32.8 Å². The van der Waals surface area contributed by atoms with Crippen LogP contribution < -0.4 is 0 Å². The number of aliphatic hydroxyl groups excluding tert-OH is 1. The van der Waals surface area contributed by atoms with Crippen LogP contribution in [0.25, 0.3) is 0 Å². The molecule has 4 rings (SSSR count). The van der Waals surface area contributed by atoms with Gasteiger partial charge in [0.15, 0.2) is 0 Å². The molecular weight excluding hydrogens is 522 g/mol. The van der Waals surface area contributed by atoms with Gasteiger partial charge in [-0.05, 0) is 16.7 Å².